The second kappa shape index (κ2) is 7.02. The standard InChI is InChI=1S/C19H19FN4O4S/c1-11(2)19(3)10-28-17-15(29(26,27)23-19)9-24(4)16(17)18(25)22-13-5-6-14(20)12(7-13)8-21/h5-7,9,23H,1,10H2,2-4H3,(H,22,25)/t19-/m1/s1. The van der Waals surface area contributed by atoms with Crippen molar-refractivity contribution in [2.75, 3.05) is 11.9 Å². The van der Waals surface area contributed by atoms with Crippen molar-refractivity contribution in [1.82, 2.24) is 9.29 Å². The second-order valence-electron chi connectivity index (χ2n) is 7.05. The van der Waals surface area contributed by atoms with Crippen molar-refractivity contribution in [2.24, 2.45) is 7.05 Å². The Morgan fingerprint density at radius 1 is 1.48 bits per heavy atom. The normalized spacial score (nSPS) is 20.0. The molecule has 8 nitrogen and oxygen atoms in total. The number of sulfonamides is 1. The molecule has 2 N–H and O–H groups in total. The van der Waals surface area contributed by atoms with Crippen molar-refractivity contribution < 1.29 is 22.3 Å². The van der Waals surface area contributed by atoms with Gasteiger partial charge in [-0.25, -0.2) is 12.8 Å². The first-order valence-corrected chi connectivity index (χ1v) is 10.00. The third-order valence-corrected chi connectivity index (χ3v) is 6.35. The lowest BCUT2D eigenvalue weighted by Gasteiger charge is -2.28. The van der Waals surface area contributed by atoms with Crippen molar-refractivity contribution in [1.29, 1.82) is 5.26 Å². The fourth-order valence-electron chi connectivity index (χ4n) is 2.86. The van der Waals surface area contributed by atoms with E-state index in [-0.39, 0.29) is 34.2 Å². The maximum absolute atomic E-state index is 13.5. The van der Waals surface area contributed by atoms with Gasteiger partial charge in [0.2, 0.25) is 10.0 Å². The first-order chi connectivity index (χ1) is 13.5. The number of nitriles is 1. The van der Waals surface area contributed by atoms with Gasteiger partial charge in [0, 0.05) is 18.9 Å². The van der Waals surface area contributed by atoms with Crippen LogP contribution >= 0.6 is 0 Å². The Kier molecular flexibility index (Phi) is 4.98. The summed E-state index contributed by atoms with van der Waals surface area (Å²) < 4.78 is 48.8. The maximum atomic E-state index is 13.5. The number of anilines is 1. The Morgan fingerprint density at radius 2 is 2.17 bits per heavy atom. The topological polar surface area (TPSA) is 113 Å². The molecule has 152 valence electrons. The Bertz CT molecular complexity index is 1180. The van der Waals surface area contributed by atoms with Crippen LogP contribution in [0.25, 0.3) is 0 Å². The molecule has 1 atom stereocenters. The number of hydrogen-bond acceptors (Lipinski definition) is 5. The average Bonchev–Trinajstić information content (AvgIpc) is 2.93. The summed E-state index contributed by atoms with van der Waals surface area (Å²) in [7, 11) is -2.48. The summed E-state index contributed by atoms with van der Waals surface area (Å²) >= 11 is 0. The van der Waals surface area contributed by atoms with Crippen molar-refractivity contribution in [3.05, 3.63) is 53.6 Å². The van der Waals surface area contributed by atoms with Crippen LogP contribution in [-0.2, 0) is 17.1 Å². The number of fused-ring (bicyclic) bond motifs is 1. The van der Waals surface area contributed by atoms with Crippen LogP contribution in [0.15, 0.2) is 41.4 Å². The van der Waals surface area contributed by atoms with Gasteiger partial charge in [-0.2, -0.15) is 9.98 Å². The van der Waals surface area contributed by atoms with Gasteiger partial charge in [-0.3, -0.25) is 4.79 Å². The van der Waals surface area contributed by atoms with Crippen molar-refractivity contribution in [3.63, 3.8) is 0 Å². The van der Waals surface area contributed by atoms with Gasteiger partial charge >= 0.3 is 0 Å². The summed E-state index contributed by atoms with van der Waals surface area (Å²) in [6, 6.07) is 5.24. The van der Waals surface area contributed by atoms with Crippen LogP contribution in [-0.4, -0.2) is 31.0 Å². The van der Waals surface area contributed by atoms with E-state index in [0.29, 0.717) is 5.57 Å². The van der Waals surface area contributed by atoms with Gasteiger partial charge < -0.3 is 14.6 Å². The summed E-state index contributed by atoms with van der Waals surface area (Å²) in [5.74, 6) is -1.47. The maximum Gasteiger partial charge on any atom is 0.276 e. The molecule has 3 rings (SSSR count). The quantitative estimate of drug-likeness (QED) is 0.743. The lowest BCUT2D eigenvalue weighted by Crippen LogP contribution is -2.49. The highest BCUT2D eigenvalue weighted by atomic mass is 32.2. The molecule has 0 saturated heterocycles. The summed E-state index contributed by atoms with van der Waals surface area (Å²) in [5, 5.41) is 11.5. The zero-order valence-electron chi connectivity index (χ0n) is 16.0. The first kappa shape index (κ1) is 20.6. The molecular weight excluding hydrogens is 399 g/mol. The van der Waals surface area contributed by atoms with Gasteiger partial charge in [0.25, 0.3) is 5.91 Å². The van der Waals surface area contributed by atoms with Gasteiger partial charge in [0.1, 0.15) is 23.4 Å². The molecular formula is C19H19FN4O4S. The third kappa shape index (κ3) is 3.62. The van der Waals surface area contributed by atoms with E-state index >= 15 is 0 Å². The number of nitrogens with zero attached hydrogens (tertiary/aromatic N) is 2. The van der Waals surface area contributed by atoms with E-state index in [2.05, 4.69) is 16.6 Å². The summed E-state index contributed by atoms with van der Waals surface area (Å²) in [4.78, 5) is 12.7. The van der Waals surface area contributed by atoms with E-state index in [9.17, 15) is 17.6 Å². The highest BCUT2D eigenvalue weighted by Gasteiger charge is 2.40. The molecule has 1 aromatic carbocycles. The minimum absolute atomic E-state index is 0.0285. The molecule has 0 saturated carbocycles. The van der Waals surface area contributed by atoms with E-state index in [0.717, 1.165) is 6.07 Å². The summed E-state index contributed by atoms with van der Waals surface area (Å²) in [6.07, 6.45) is 1.28. The van der Waals surface area contributed by atoms with Crippen molar-refractivity contribution in [2.45, 2.75) is 24.3 Å². The molecule has 2 aromatic rings. The van der Waals surface area contributed by atoms with E-state index in [1.54, 1.807) is 19.9 Å². The highest BCUT2D eigenvalue weighted by Crippen LogP contribution is 2.35. The van der Waals surface area contributed by atoms with Crippen LogP contribution in [0.3, 0.4) is 0 Å². The number of nitrogens with one attached hydrogen (secondary N) is 2. The zero-order chi connectivity index (χ0) is 21.6. The van der Waals surface area contributed by atoms with Crippen molar-refractivity contribution >= 4 is 21.6 Å². The second-order valence-corrected chi connectivity index (χ2v) is 8.70. The van der Waals surface area contributed by atoms with E-state index in [1.807, 2.05) is 0 Å². The van der Waals surface area contributed by atoms with E-state index in [1.165, 1.54) is 29.9 Å². The fourth-order valence-corrected chi connectivity index (χ4v) is 4.49. The highest BCUT2D eigenvalue weighted by molar-refractivity contribution is 7.89. The number of carbonyl (C=O) groups excluding carboxylic acids is 1. The van der Waals surface area contributed by atoms with Crippen LogP contribution in [0, 0.1) is 17.1 Å². The minimum Gasteiger partial charge on any atom is -0.487 e. The van der Waals surface area contributed by atoms with Gasteiger partial charge in [0.05, 0.1) is 11.1 Å². The number of halogens is 1. The molecule has 1 amide bonds. The number of carbonyl (C=O) groups is 1. The van der Waals surface area contributed by atoms with Crippen LogP contribution in [0.4, 0.5) is 10.1 Å². The molecule has 0 unspecified atom stereocenters. The van der Waals surface area contributed by atoms with Gasteiger partial charge in [0.15, 0.2) is 11.4 Å². The Labute approximate surface area is 167 Å². The largest absolute Gasteiger partial charge is 0.487 e. The molecule has 1 aromatic heterocycles. The molecule has 1 aliphatic rings. The van der Waals surface area contributed by atoms with Gasteiger partial charge in [-0.15, -0.1) is 0 Å². The first-order valence-electron chi connectivity index (χ1n) is 8.51. The molecule has 29 heavy (non-hydrogen) atoms. The fraction of sp³-hybridized carbons (Fsp3) is 0.263. The van der Waals surface area contributed by atoms with E-state index in [4.69, 9.17) is 10.00 Å². The van der Waals surface area contributed by atoms with E-state index < -0.39 is 27.3 Å². The van der Waals surface area contributed by atoms with Gasteiger partial charge in [-0.05, 0) is 32.0 Å². The summed E-state index contributed by atoms with van der Waals surface area (Å²) in [6.45, 7) is 7.07. The number of aryl methyl sites for hydroxylation is 1. The third-order valence-electron chi connectivity index (χ3n) is 4.76. The number of aromatic nitrogens is 1. The van der Waals surface area contributed by atoms with Crippen LogP contribution in [0.5, 0.6) is 5.75 Å². The Hall–Kier alpha value is -3.16. The molecule has 1 aliphatic heterocycles. The molecule has 0 aliphatic carbocycles. The molecule has 0 spiro atoms. The number of hydrogen-bond donors (Lipinski definition) is 2. The number of benzene rings is 1. The van der Waals surface area contributed by atoms with Crippen LogP contribution < -0.4 is 14.8 Å². The number of ether oxygens (including phenoxy) is 1. The predicted molar refractivity (Wildman–Crippen MR) is 104 cm³/mol. The Morgan fingerprint density at radius 3 is 2.79 bits per heavy atom. The lowest BCUT2D eigenvalue weighted by atomic mass is 9.97. The average molecular weight is 418 g/mol. The molecule has 0 bridgehead atoms. The molecule has 2 heterocycles. The number of rotatable bonds is 3. The number of amides is 1. The smallest absolute Gasteiger partial charge is 0.276 e. The Balaban J connectivity index is 2.02. The molecule has 0 radical (unpaired) electrons. The zero-order valence-corrected chi connectivity index (χ0v) is 16.9. The van der Waals surface area contributed by atoms with Crippen LogP contribution in [0.2, 0.25) is 0 Å². The molecule has 10 heteroatoms. The van der Waals surface area contributed by atoms with Gasteiger partial charge in [-0.1, -0.05) is 12.2 Å². The lowest BCUT2D eigenvalue weighted by molar-refractivity contribution is 0.101. The van der Waals surface area contributed by atoms with Crippen LogP contribution in [0.1, 0.15) is 29.9 Å². The molecule has 0 fully saturated rings. The predicted octanol–water partition coefficient (Wildman–Crippen LogP) is 2.29. The SMILES string of the molecule is C=C(C)[C@@]1(C)COc2c(cn(C)c2C(=O)Nc2ccc(F)c(C#N)c2)S(=O)(=O)N1. The minimum atomic E-state index is -3.98. The monoisotopic (exact) mass is 418 g/mol. The summed E-state index contributed by atoms with van der Waals surface area (Å²) in [5.41, 5.74) is -0.565. The van der Waals surface area contributed by atoms with Crippen molar-refractivity contribution in [3.8, 4) is 11.8 Å².